The molecule has 0 aliphatic heterocycles. The number of amides is 1. The van der Waals surface area contributed by atoms with Gasteiger partial charge in [-0.3, -0.25) is 4.79 Å². The van der Waals surface area contributed by atoms with Crippen LogP contribution >= 0.6 is 22.9 Å². The molecular weight excluding hydrogens is 330 g/mol. The van der Waals surface area contributed by atoms with Crippen molar-refractivity contribution in [3.8, 4) is 0 Å². The van der Waals surface area contributed by atoms with Crippen LogP contribution in [0.4, 0.5) is 0 Å². The van der Waals surface area contributed by atoms with Crippen LogP contribution in [0.5, 0.6) is 0 Å². The molecule has 2 rings (SSSR count). The summed E-state index contributed by atoms with van der Waals surface area (Å²) in [6.45, 7) is 1.86. The summed E-state index contributed by atoms with van der Waals surface area (Å²) >= 11 is 7.53. The Kier molecular flexibility index (Phi) is 4.70. The molecule has 0 saturated heterocycles. The van der Waals surface area contributed by atoms with Crippen molar-refractivity contribution in [3.63, 3.8) is 0 Å². The fourth-order valence-electron chi connectivity index (χ4n) is 1.79. The van der Waals surface area contributed by atoms with Gasteiger partial charge in [-0.15, -0.1) is 11.3 Å². The lowest BCUT2D eigenvalue weighted by molar-refractivity contribution is 0.0940. The smallest absolute Gasteiger partial charge is 0.253 e. The minimum absolute atomic E-state index is 0.0702. The van der Waals surface area contributed by atoms with Gasteiger partial charge in [-0.05, 0) is 36.6 Å². The van der Waals surface area contributed by atoms with Crippen molar-refractivity contribution in [2.45, 2.75) is 17.9 Å². The van der Waals surface area contributed by atoms with Gasteiger partial charge in [0.05, 0.1) is 21.5 Å². The van der Waals surface area contributed by atoms with Gasteiger partial charge < -0.3 is 5.32 Å². The lowest BCUT2D eigenvalue weighted by atomic mass is 10.2. The molecule has 2 aromatic rings. The average Bonchev–Trinajstić information content (AvgIpc) is 2.91. The number of halogens is 1. The topological polar surface area (TPSA) is 63.2 Å². The van der Waals surface area contributed by atoms with Crippen LogP contribution in [0, 0.1) is 0 Å². The van der Waals surface area contributed by atoms with Gasteiger partial charge in [-0.25, -0.2) is 8.42 Å². The van der Waals surface area contributed by atoms with Crippen LogP contribution in [0.2, 0.25) is 5.02 Å². The van der Waals surface area contributed by atoms with Gasteiger partial charge >= 0.3 is 0 Å². The van der Waals surface area contributed by atoms with Crippen molar-refractivity contribution in [3.05, 3.63) is 51.2 Å². The Labute approximate surface area is 132 Å². The molecule has 1 N–H and O–H groups in total. The first-order chi connectivity index (χ1) is 9.79. The van der Waals surface area contributed by atoms with Crippen LogP contribution < -0.4 is 5.32 Å². The molecule has 1 unspecified atom stereocenters. The standard InChI is InChI=1S/C14H14ClNO3S2/c1-9(13-4-3-7-20-13)16-14(17)11-8-10(21(2,18)19)5-6-12(11)15/h3-9H,1-2H3,(H,16,17). The van der Waals surface area contributed by atoms with Crippen molar-refractivity contribution in [1.82, 2.24) is 5.32 Å². The molecule has 0 spiro atoms. The van der Waals surface area contributed by atoms with Crippen molar-refractivity contribution in [2.75, 3.05) is 6.26 Å². The van der Waals surface area contributed by atoms with Gasteiger partial charge in [0.2, 0.25) is 0 Å². The van der Waals surface area contributed by atoms with Crippen LogP contribution in [0.15, 0.2) is 40.6 Å². The SMILES string of the molecule is CC(NC(=O)c1cc(S(C)(=O)=O)ccc1Cl)c1cccs1. The second-order valence-corrected chi connectivity index (χ2v) is 8.03. The molecule has 21 heavy (non-hydrogen) atoms. The number of benzene rings is 1. The first kappa shape index (κ1) is 16.0. The van der Waals surface area contributed by atoms with E-state index >= 15 is 0 Å². The van der Waals surface area contributed by atoms with E-state index in [0.29, 0.717) is 0 Å². The minimum atomic E-state index is -3.38. The Bertz CT molecular complexity index is 755. The van der Waals surface area contributed by atoms with Gasteiger partial charge in [0, 0.05) is 11.1 Å². The molecule has 4 nitrogen and oxygen atoms in total. The number of hydrogen-bond donors (Lipinski definition) is 1. The summed E-state index contributed by atoms with van der Waals surface area (Å²) in [5.74, 6) is -0.397. The van der Waals surface area contributed by atoms with Crippen LogP contribution in [0.1, 0.15) is 28.2 Å². The Morgan fingerprint density at radius 3 is 2.62 bits per heavy atom. The van der Waals surface area contributed by atoms with E-state index in [4.69, 9.17) is 11.6 Å². The molecule has 1 heterocycles. The summed E-state index contributed by atoms with van der Waals surface area (Å²) in [5.41, 5.74) is 0.156. The summed E-state index contributed by atoms with van der Waals surface area (Å²) in [5, 5.41) is 4.96. The quantitative estimate of drug-likeness (QED) is 0.926. The highest BCUT2D eigenvalue weighted by molar-refractivity contribution is 7.90. The minimum Gasteiger partial charge on any atom is -0.345 e. The summed E-state index contributed by atoms with van der Waals surface area (Å²) in [6.07, 6.45) is 1.09. The third-order valence-electron chi connectivity index (χ3n) is 2.93. The predicted octanol–water partition coefficient (Wildman–Crippen LogP) is 3.30. The molecule has 0 saturated carbocycles. The summed E-state index contributed by atoms with van der Waals surface area (Å²) in [4.78, 5) is 13.3. The third-order valence-corrected chi connectivity index (χ3v) is 5.42. The monoisotopic (exact) mass is 343 g/mol. The largest absolute Gasteiger partial charge is 0.345 e. The molecule has 0 radical (unpaired) electrons. The molecular formula is C14H14ClNO3S2. The Morgan fingerprint density at radius 2 is 2.05 bits per heavy atom. The number of sulfone groups is 1. The van der Waals surface area contributed by atoms with E-state index in [2.05, 4.69) is 5.32 Å². The van der Waals surface area contributed by atoms with Crippen LogP contribution in [-0.2, 0) is 9.84 Å². The molecule has 112 valence electrons. The maximum Gasteiger partial charge on any atom is 0.253 e. The first-order valence-corrected chi connectivity index (χ1v) is 9.28. The predicted molar refractivity (Wildman–Crippen MR) is 84.8 cm³/mol. The van der Waals surface area contributed by atoms with Crippen molar-refractivity contribution >= 4 is 38.7 Å². The Balaban J connectivity index is 2.27. The first-order valence-electron chi connectivity index (χ1n) is 6.13. The summed E-state index contributed by atoms with van der Waals surface area (Å²) in [6, 6.07) is 7.76. The molecule has 7 heteroatoms. The van der Waals surface area contributed by atoms with Crippen molar-refractivity contribution in [2.24, 2.45) is 0 Å². The zero-order valence-corrected chi connectivity index (χ0v) is 13.8. The number of nitrogens with one attached hydrogen (secondary N) is 1. The zero-order valence-electron chi connectivity index (χ0n) is 11.5. The molecule has 1 amide bonds. The summed E-state index contributed by atoms with van der Waals surface area (Å²) in [7, 11) is -3.38. The number of carbonyl (C=O) groups excluding carboxylic acids is 1. The highest BCUT2D eigenvalue weighted by Gasteiger charge is 2.17. The fourth-order valence-corrected chi connectivity index (χ4v) is 3.38. The maximum absolute atomic E-state index is 12.3. The second kappa shape index (κ2) is 6.17. The van der Waals surface area contributed by atoms with Gasteiger partial charge in [-0.2, -0.15) is 0 Å². The number of thiophene rings is 1. The second-order valence-electron chi connectivity index (χ2n) is 4.62. The maximum atomic E-state index is 12.3. The van der Waals surface area contributed by atoms with E-state index in [1.807, 2.05) is 24.4 Å². The third kappa shape index (κ3) is 3.84. The van der Waals surface area contributed by atoms with Crippen LogP contribution in [0.3, 0.4) is 0 Å². The van der Waals surface area contributed by atoms with Gasteiger partial charge in [-0.1, -0.05) is 17.7 Å². The van der Waals surface area contributed by atoms with Crippen molar-refractivity contribution in [1.29, 1.82) is 0 Å². The molecule has 1 aromatic carbocycles. The van der Waals surface area contributed by atoms with E-state index < -0.39 is 15.7 Å². The lowest BCUT2D eigenvalue weighted by Crippen LogP contribution is -2.26. The molecule has 0 aliphatic rings. The number of hydrogen-bond acceptors (Lipinski definition) is 4. The normalized spacial score (nSPS) is 12.9. The van der Waals surface area contributed by atoms with Crippen LogP contribution in [-0.4, -0.2) is 20.6 Å². The van der Waals surface area contributed by atoms with Crippen molar-refractivity contribution < 1.29 is 13.2 Å². The van der Waals surface area contributed by atoms with E-state index in [9.17, 15) is 13.2 Å². The van der Waals surface area contributed by atoms with Crippen LogP contribution in [0.25, 0.3) is 0 Å². The molecule has 1 aromatic heterocycles. The highest BCUT2D eigenvalue weighted by Crippen LogP contribution is 2.23. The molecule has 1 atom stereocenters. The highest BCUT2D eigenvalue weighted by atomic mass is 35.5. The molecule has 0 bridgehead atoms. The van der Waals surface area contributed by atoms with E-state index in [1.54, 1.807) is 0 Å². The van der Waals surface area contributed by atoms with E-state index in [-0.39, 0.29) is 21.5 Å². The van der Waals surface area contributed by atoms with E-state index in [0.717, 1.165) is 11.1 Å². The fraction of sp³-hybridized carbons (Fsp3) is 0.214. The Morgan fingerprint density at radius 1 is 1.33 bits per heavy atom. The van der Waals surface area contributed by atoms with Gasteiger partial charge in [0.15, 0.2) is 9.84 Å². The van der Waals surface area contributed by atoms with E-state index in [1.165, 1.54) is 29.5 Å². The molecule has 0 fully saturated rings. The Hall–Kier alpha value is -1.37. The summed E-state index contributed by atoms with van der Waals surface area (Å²) < 4.78 is 23.1. The number of carbonyl (C=O) groups is 1. The zero-order chi connectivity index (χ0) is 15.6. The molecule has 0 aliphatic carbocycles. The van der Waals surface area contributed by atoms with Gasteiger partial charge in [0.25, 0.3) is 5.91 Å². The average molecular weight is 344 g/mol. The van der Waals surface area contributed by atoms with Gasteiger partial charge in [0.1, 0.15) is 0 Å². The number of rotatable bonds is 4. The lowest BCUT2D eigenvalue weighted by Gasteiger charge is -2.13.